The third kappa shape index (κ3) is 5.11. The largest absolute Gasteiger partial charge is 0.496 e. The van der Waals surface area contributed by atoms with Crippen LogP contribution in [0.3, 0.4) is 0 Å². The van der Waals surface area contributed by atoms with Gasteiger partial charge in [-0.15, -0.1) is 0 Å². The summed E-state index contributed by atoms with van der Waals surface area (Å²) in [5, 5.41) is 6.15. The van der Waals surface area contributed by atoms with E-state index in [1.165, 1.54) is 0 Å². The third-order valence-corrected chi connectivity index (χ3v) is 3.19. The molecule has 0 aliphatic heterocycles. The van der Waals surface area contributed by atoms with Crippen molar-refractivity contribution in [2.45, 2.75) is 40.2 Å². The fourth-order valence-electron chi connectivity index (χ4n) is 1.92. The van der Waals surface area contributed by atoms with Crippen LogP contribution < -0.4 is 15.4 Å². The van der Waals surface area contributed by atoms with Crippen LogP contribution in [0.5, 0.6) is 5.75 Å². The van der Waals surface area contributed by atoms with Gasteiger partial charge in [-0.1, -0.05) is 13.8 Å². The molecular weight excluding hydrogens is 252 g/mol. The van der Waals surface area contributed by atoms with Crippen LogP contribution in [-0.4, -0.2) is 25.6 Å². The van der Waals surface area contributed by atoms with Gasteiger partial charge in [-0.2, -0.15) is 0 Å². The second-order valence-corrected chi connectivity index (χ2v) is 5.52. The number of hydrogen-bond donors (Lipinski definition) is 2. The molecule has 0 radical (unpaired) electrons. The molecule has 112 valence electrons. The maximum atomic E-state index is 11.9. The van der Waals surface area contributed by atoms with Crippen molar-refractivity contribution in [2.75, 3.05) is 19.0 Å². The fraction of sp³-hybridized carbons (Fsp3) is 0.562. The lowest BCUT2D eigenvalue weighted by molar-refractivity contribution is -0.121. The molecule has 4 heteroatoms. The molecular formula is C16H26N2O2. The Morgan fingerprint density at radius 1 is 1.30 bits per heavy atom. The lowest BCUT2D eigenvalue weighted by Gasteiger charge is -2.16. The number of hydrogen-bond acceptors (Lipinski definition) is 3. The maximum absolute atomic E-state index is 11.9. The Hall–Kier alpha value is -1.71. The third-order valence-electron chi connectivity index (χ3n) is 3.19. The minimum atomic E-state index is -0.255. The molecule has 1 unspecified atom stereocenters. The number of carbonyl (C=O) groups is 1. The second-order valence-electron chi connectivity index (χ2n) is 5.52. The van der Waals surface area contributed by atoms with Crippen LogP contribution >= 0.6 is 0 Å². The van der Waals surface area contributed by atoms with E-state index in [0.29, 0.717) is 5.92 Å². The topological polar surface area (TPSA) is 50.4 Å². The summed E-state index contributed by atoms with van der Waals surface area (Å²) in [6.45, 7) is 8.87. The molecule has 1 aromatic rings. The van der Waals surface area contributed by atoms with E-state index in [4.69, 9.17) is 4.74 Å². The van der Waals surface area contributed by atoms with E-state index in [1.54, 1.807) is 7.11 Å². The molecule has 0 aromatic heterocycles. The number of nitrogens with one attached hydrogen (secondary N) is 2. The van der Waals surface area contributed by atoms with Crippen LogP contribution in [0, 0.1) is 12.8 Å². The van der Waals surface area contributed by atoms with Gasteiger partial charge in [0.05, 0.1) is 7.11 Å². The average molecular weight is 278 g/mol. The van der Waals surface area contributed by atoms with Gasteiger partial charge in [-0.05, 0) is 49.9 Å². The summed E-state index contributed by atoms with van der Waals surface area (Å²) in [5.41, 5.74) is 1.97. The van der Waals surface area contributed by atoms with Gasteiger partial charge < -0.3 is 15.4 Å². The molecule has 1 amide bonds. The molecule has 2 N–H and O–H groups in total. The van der Waals surface area contributed by atoms with Crippen molar-refractivity contribution in [1.29, 1.82) is 0 Å². The minimum Gasteiger partial charge on any atom is -0.496 e. The van der Waals surface area contributed by atoms with E-state index in [-0.39, 0.29) is 11.9 Å². The van der Waals surface area contributed by atoms with Gasteiger partial charge in [-0.3, -0.25) is 4.79 Å². The van der Waals surface area contributed by atoms with Crippen LogP contribution in [0.4, 0.5) is 5.69 Å². The lowest BCUT2D eigenvalue weighted by Crippen LogP contribution is -2.38. The molecule has 0 heterocycles. The number of amides is 1. The highest BCUT2D eigenvalue weighted by atomic mass is 16.5. The Morgan fingerprint density at radius 3 is 2.55 bits per heavy atom. The Balaban J connectivity index is 2.50. The van der Waals surface area contributed by atoms with Crippen LogP contribution in [0.1, 0.15) is 32.8 Å². The van der Waals surface area contributed by atoms with Gasteiger partial charge >= 0.3 is 0 Å². The molecule has 1 aromatic carbocycles. The molecule has 1 rings (SSSR count). The zero-order chi connectivity index (χ0) is 15.1. The normalized spacial score (nSPS) is 12.1. The summed E-state index contributed by atoms with van der Waals surface area (Å²) < 4.78 is 5.22. The number of carbonyl (C=O) groups excluding carboxylic acids is 1. The van der Waals surface area contributed by atoms with E-state index in [1.807, 2.05) is 32.0 Å². The Kier molecular flexibility index (Phi) is 6.36. The summed E-state index contributed by atoms with van der Waals surface area (Å²) in [6.07, 6.45) is 1.00. The van der Waals surface area contributed by atoms with Gasteiger partial charge in [0.15, 0.2) is 0 Å². The number of anilines is 1. The van der Waals surface area contributed by atoms with Crippen molar-refractivity contribution in [1.82, 2.24) is 5.32 Å². The molecule has 0 spiro atoms. The molecule has 1 atom stereocenters. The quantitative estimate of drug-likeness (QED) is 0.806. The fourth-order valence-corrected chi connectivity index (χ4v) is 1.92. The Morgan fingerprint density at radius 2 is 2.00 bits per heavy atom. The van der Waals surface area contributed by atoms with E-state index >= 15 is 0 Å². The first-order valence-corrected chi connectivity index (χ1v) is 7.13. The summed E-state index contributed by atoms with van der Waals surface area (Å²) >= 11 is 0. The maximum Gasteiger partial charge on any atom is 0.242 e. The van der Waals surface area contributed by atoms with E-state index in [0.717, 1.165) is 30.0 Å². The summed E-state index contributed by atoms with van der Waals surface area (Å²) in [4.78, 5) is 11.9. The van der Waals surface area contributed by atoms with Crippen molar-refractivity contribution in [3.8, 4) is 5.75 Å². The number of aryl methyl sites for hydroxylation is 1. The highest BCUT2D eigenvalue weighted by Crippen LogP contribution is 2.21. The van der Waals surface area contributed by atoms with Crippen molar-refractivity contribution in [3.05, 3.63) is 23.8 Å². The van der Waals surface area contributed by atoms with Crippen molar-refractivity contribution in [2.24, 2.45) is 5.92 Å². The van der Waals surface area contributed by atoms with E-state index < -0.39 is 0 Å². The standard InChI is InChI=1S/C16H26N2O2/c1-11(2)8-9-17-16(19)13(4)18-14-6-7-15(20-5)12(3)10-14/h6-7,10-11,13,18H,8-9H2,1-5H3,(H,17,19). The van der Waals surface area contributed by atoms with Crippen LogP contribution in [0.25, 0.3) is 0 Å². The first-order valence-electron chi connectivity index (χ1n) is 7.13. The monoisotopic (exact) mass is 278 g/mol. The zero-order valence-electron chi connectivity index (χ0n) is 13.1. The van der Waals surface area contributed by atoms with Gasteiger partial charge in [0.1, 0.15) is 11.8 Å². The molecule has 0 bridgehead atoms. The zero-order valence-corrected chi connectivity index (χ0v) is 13.1. The number of rotatable bonds is 7. The Bertz CT molecular complexity index is 444. The molecule has 0 saturated heterocycles. The van der Waals surface area contributed by atoms with Gasteiger partial charge in [0.25, 0.3) is 0 Å². The molecule has 0 aliphatic carbocycles. The van der Waals surface area contributed by atoms with Crippen LogP contribution in [0.15, 0.2) is 18.2 Å². The Labute approximate surface area is 121 Å². The van der Waals surface area contributed by atoms with Gasteiger partial charge in [0, 0.05) is 12.2 Å². The first-order chi connectivity index (χ1) is 9.43. The number of ether oxygens (including phenoxy) is 1. The van der Waals surface area contributed by atoms with Crippen molar-refractivity contribution < 1.29 is 9.53 Å². The van der Waals surface area contributed by atoms with Crippen molar-refractivity contribution >= 4 is 11.6 Å². The van der Waals surface area contributed by atoms with Gasteiger partial charge in [-0.25, -0.2) is 0 Å². The molecule has 0 saturated carbocycles. The van der Waals surface area contributed by atoms with Crippen molar-refractivity contribution in [3.63, 3.8) is 0 Å². The predicted octanol–water partition coefficient (Wildman–Crippen LogP) is 2.97. The SMILES string of the molecule is COc1ccc(NC(C)C(=O)NCCC(C)C)cc1C. The molecule has 0 aliphatic rings. The minimum absolute atomic E-state index is 0.0270. The summed E-state index contributed by atoms with van der Waals surface area (Å²) in [6, 6.07) is 5.55. The average Bonchev–Trinajstić information content (AvgIpc) is 2.38. The van der Waals surface area contributed by atoms with E-state index in [9.17, 15) is 4.79 Å². The second kappa shape index (κ2) is 7.78. The molecule has 0 fully saturated rings. The highest BCUT2D eigenvalue weighted by Gasteiger charge is 2.12. The van der Waals surface area contributed by atoms with Gasteiger partial charge in [0.2, 0.25) is 5.91 Å². The predicted molar refractivity (Wildman–Crippen MR) is 83.3 cm³/mol. The van der Waals surface area contributed by atoms with Crippen LogP contribution in [0.2, 0.25) is 0 Å². The number of benzene rings is 1. The lowest BCUT2D eigenvalue weighted by atomic mass is 10.1. The molecule has 20 heavy (non-hydrogen) atoms. The smallest absolute Gasteiger partial charge is 0.242 e. The first kappa shape index (κ1) is 16.3. The summed E-state index contributed by atoms with van der Waals surface area (Å²) in [5.74, 6) is 1.48. The molecule has 4 nitrogen and oxygen atoms in total. The van der Waals surface area contributed by atoms with Crippen LogP contribution in [-0.2, 0) is 4.79 Å². The number of methoxy groups -OCH3 is 1. The highest BCUT2D eigenvalue weighted by molar-refractivity contribution is 5.84. The summed E-state index contributed by atoms with van der Waals surface area (Å²) in [7, 11) is 1.65. The van der Waals surface area contributed by atoms with E-state index in [2.05, 4.69) is 24.5 Å².